The molecule has 5 nitrogen and oxygen atoms in total. The lowest BCUT2D eigenvalue weighted by molar-refractivity contribution is -0.162. The fourth-order valence-electron chi connectivity index (χ4n) is 6.26. The summed E-state index contributed by atoms with van der Waals surface area (Å²) in [6, 6.07) is 0. The molecular formula is C20H28O5. The normalized spacial score (nSPS) is 53.9. The van der Waals surface area contributed by atoms with E-state index in [2.05, 4.69) is 13.8 Å². The van der Waals surface area contributed by atoms with Gasteiger partial charge in [-0.05, 0) is 37.0 Å². The largest absolute Gasteiger partial charge is 0.392 e. The Morgan fingerprint density at radius 2 is 1.60 bits per heavy atom. The minimum absolute atomic E-state index is 0.00398. The SMILES string of the molecule is C[C@H]1C(=O)C2=C(C(=O)[C@@]3(C)[C@H](O)[C@@H]4[C@H](CC[C@]3(C)[C@H]2O)C4(C)C)[C@H]1O. The zero-order valence-electron chi connectivity index (χ0n) is 15.5. The van der Waals surface area contributed by atoms with Crippen LogP contribution in [0, 0.1) is 34.0 Å². The van der Waals surface area contributed by atoms with E-state index in [1.165, 1.54) is 0 Å². The Bertz CT molecular complexity index is 722. The van der Waals surface area contributed by atoms with Crippen LogP contribution in [0.1, 0.15) is 47.5 Å². The van der Waals surface area contributed by atoms with Crippen molar-refractivity contribution in [1.29, 1.82) is 0 Å². The minimum Gasteiger partial charge on any atom is -0.392 e. The molecule has 0 aromatic rings. The smallest absolute Gasteiger partial charge is 0.171 e. The summed E-state index contributed by atoms with van der Waals surface area (Å²) >= 11 is 0. The molecule has 0 bridgehead atoms. The van der Waals surface area contributed by atoms with Crippen LogP contribution in [0.15, 0.2) is 11.1 Å². The van der Waals surface area contributed by atoms with E-state index in [4.69, 9.17) is 0 Å². The number of hydrogen-bond donors (Lipinski definition) is 3. The van der Waals surface area contributed by atoms with Crippen molar-refractivity contribution < 1.29 is 24.9 Å². The highest BCUT2D eigenvalue weighted by Crippen LogP contribution is 2.71. The topological polar surface area (TPSA) is 94.8 Å². The number of carbonyl (C=O) groups excluding carboxylic acids is 2. The van der Waals surface area contributed by atoms with Crippen molar-refractivity contribution in [3.05, 3.63) is 11.1 Å². The molecule has 3 N–H and O–H groups in total. The van der Waals surface area contributed by atoms with Gasteiger partial charge in [-0.15, -0.1) is 0 Å². The van der Waals surface area contributed by atoms with E-state index in [0.717, 1.165) is 6.42 Å². The molecule has 4 rings (SSSR count). The van der Waals surface area contributed by atoms with Crippen molar-refractivity contribution in [3.8, 4) is 0 Å². The Hall–Kier alpha value is -1.04. The van der Waals surface area contributed by atoms with E-state index < -0.39 is 35.1 Å². The molecule has 0 radical (unpaired) electrons. The third-order valence-corrected chi connectivity index (χ3v) is 8.56. The predicted molar refractivity (Wildman–Crippen MR) is 90.4 cm³/mol. The van der Waals surface area contributed by atoms with Crippen LogP contribution in [-0.2, 0) is 9.59 Å². The predicted octanol–water partition coefficient (Wildman–Crippen LogP) is 1.25. The van der Waals surface area contributed by atoms with Gasteiger partial charge in [0.15, 0.2) is 11.6 Å². The molecule has 2 fully saturated rings. The standard InChI is InChI=1S/C20H28O5/c1-8-13(21)10-11(14(8)22)16(24)20(5)17(25)12-9(18(12,2)3)6-7-19(20,4)15(10)23/h8-9,12,14-15,17,22-23,25H,6-7H2,1-5H3/t8-,9-,12-,14-,15-,17+,19+,20-/m0/s1. The molecule has 2 saturated carbocycles. The summed E-state index contributed by atoms with van der Waals surface area (Å²) in [5.41, 5.74) is -2.01. The third kappa shape index (κ3) is 1.66. The number of rotatable bonds is 0. The van der Waals surface area contributed by atoms with Crippen LogP contribution in [0.25, 0.3) is 0 Å². The lowest BCUT2D eigenvalue weighted by Crippen LogP contribution is -2.61. The maximum absolute atomic E-state index is 13.5. The first kappa shape index (κ1) is 17.4. The van der Waals surface area contributed by atoms with Crippen molar-refractivity contribution in [2.75, 3.05) is 0 Å². The third-order valence-electron chi connectivity index (χ3n) is 8.56. The number of aliphatic hydroxyl groups is 3. The summed E-state index contributed by atoms with van der Waals surface area (Å²) in [4.78, 5) is 26.1. The average Bonchev–Trinajstić information content (AvgIpc) is 3.05. The molecule has 0 spiro atoms. The molecular weight excluding hydrogens is 320 g/mol. The van der Waals surface area contributed by atoms with Crippen LogP contribution in [-0.4, -0.2) is 45.2 Å². The first-order chi connectivity index (χ1) is 11.4. The highest BCUT2D eigenvalue weighted by atomic mass is 16.3. The van der Waals surface area contributed by atoms with Gasteiger partial charge in [0.25, 0.3) is 0 Å². The molecule has 4 aliphatic rings. The van der Waals surface area contributed by atoms with E-state index in [1.807, 2.05) is 6.92 Å². The Labute approximate surface area is 148 Å². The van der Waals surface area contributed by atoms with E-state index >= 15 is 0 Å². The lowest BCUT2D eigenvalue weighted by Gasteiger charge is -2.53. The van der Waals surface area contributed by atoms with Crippen LogP contribution in [0.3, 0.4) is 0 Å². The Morgan fingerprint density at radius 3 is 2.20 bits per heavy atom. The zero-order chi connectivity index (χ0) is 18.7. The van der Waals surface area contributed by atoms with Crippen molar-refractivity contribution in [3.63, 3.8) is 0 Å². The monoisotopic (exact) mass is 348 g/mol. The quantitative estimate of drug-likeness (QED) is 0.612. The van der Waals surface area contributed by atoms with Crippen LogP contribution < -0.4 is 0 Å². The zero-order valence-corrected chi connectivity index (χ0v) is 15.5. The van der Waals surface area contributed by atoms with E-state index in [1.54, 1.807) is 13.8 Å². The second-order valence-electron chi connectivity index (χ2n) is 9.71. The molecule has 0 saturated heterocycles. The van der Waals surface area contributed by atoms with Gasteiger partial charge < -0.3 is 15.3 Å². The van der Waals surface area contributed by atoms with Gasteiger partial charge in [0.2, 0.25) is 0 Å². The van der Waals surface area contributed by atoms with Crippen LogP contribution >= 0.6 is 0 Å². The highest BCUT2D eigenvalue weighted by Gasteiger charge is 2.74. The first-order valence-electron chi connectivity index (χ1n) is 9.29. The number of fused-ring (bicyclic) bond motifs is 2. The maximum atomic E-state index is 13.5. The maximum Gasteiger partial charge on any atom is 0.171 e. The number of Topliss-reactive ketones (excluding diaryl/α,β-unsaturated/α-hetero) is 2. The van der Waals surface area contributed by atoms with Gasteiger partial charge >= 0.3 is 0 Å². The second kappa shape index (κ2) is 4.62. The van der Waals surface area contributed by atoms with Gasteiger partial charge in [-0.3, -0.25) is 9.59 Å². The average molecular weight is 348 g/mol. The molecule has 0 unspecified atom stereocenters. The number of aliphatic hydroxyl groups excluding tert-OH is 3. The summed E-state index contributed by atoms with van der Waals surface area (Å²) in [7, 11) is 0. The van der Waals surface area contributed by atoms with Crippen molar-refractivity contribution >= 4 is 11.6 Å². The van der Waals surface area contributed by atoms with Gasteiger partial charge in [-0.25, -0.2) is 0 Å². The molecule has 0 aromatic carbocycles. The van der Waals surface area contributed by atoms with Gasteiger partial charge in [-0.1, -0.05) is 27.7 Å². The van der Waals surface area contributed by atoms with Gasteiger partial charge in [0.05, 0.1) is 23.7 Å². The van der Waals surface area contributed by atoms with Gasteiger partial charge in [-0.2, -0.15) is 0 Å². The molecule has 4 aliphatic carbocycles. The van der Waals surface area contributed by atoms with E-state index in [0.29, 0.717) is 12.3 Å². The Morgan fingerprint density at radius 1 is 1.00 bits per heavy atom. The molecule has 25 heavy (non-hydrogen) atoms. The summed E-state index contributed by atoms with van der Waals surface area (Å²) in [6.07, 6.45) is -1.82. The number of ketones is 2. The summed E-state index contributed by atoms with van der Waals surface area (Å²) in [6.45, 7) is 9.36. The fraction of sp³-hybridized carbons (Fsp3) is 0.800. The molecule has 0 heterocycles. The molecule has 138 valence electrons. The van der Waals surface area contributed by atoms with E-state index in [-0.39, 0.29) is 34.0 Å². The van der Waals surface area contributed by atoms with Crippen LogP contribution in [0.4, 0.5) is 0 Å². The van der Waals surface area contributed by atoms with Gasteiger partial charge in [0, 0.05) is 22.5 Å². The Balaban J connectivity index is 1.91. The molecule has 0 amide bonds. The van der Waals surface area contributed by atoms with Crippen molar-refractivity contribution in [2.45, 2.75) is 65.8 Å². The molecule has 5 heteroatoms. The number of hydrogen-bond acceptors (Lipinski definition) is 5. The summed E-state index contributed by atoms with van der Waals surface area (Å²) in [5, 5.41) is 32.9. The molecule has 0 aromatic heterocycles. The van der Waals surface area contributed by atoms with Crippen LogP contribution in [0.2, 0.25) is 0 Å². The lowest BCUT2D eigenvalue weighted by atomic mass is 9.50. The van der Waals surface area contributed by atoms with Gasteiger partial charge in [0.1, 0.15) is 0 Å². The minimum atomic E-state index is -1.20. The Kier molecular flexibility index (Phi) is 3.21. The highest BCUT2D eigenvalue weighted by molar-refractivity contribution is 6.16. The van der Waals surface area contributed by atoms with Crippen molar-refractivity contribution in [2.24, 2.45) is 34.0 Å². The van der Waals surface area contributed by atoms with E-state index in [9.17, 15) is 24.9 Å². The summed E-state index contributed by atoms with van der Waals surface area (Å²) < 4.78 is 0. The second-order valence-corrected chi connectivity index (χ2v) is 9.71. The summed E-state index contributed by atoms with van der Waals surface area (Å²) in [5.74, 6) is -1.09. The molecule has 8 atom stereocenters. The molecule has 0 aliphatic heterocycles. The first-order valence-corrected chi connectivity index (χ1v) is 9.29. The van der Waals surface area contributed by atoms with Crippen molar-refractivity contribution in [1.82, 2.24) is 0 Å². The van der Waals surface area contributed by atoms with Crippen LogP contribution in [0.5, 0.6) is 0 Å². The number of carbonyl (C=O) groups is 2. The fourth-order valence-corrected chi connectivity index (χ4v) is 6.26.